The molecule has 434 valence electrons. The van der Waals surface area contributed by atoms with Crippen LogP contribution in [0.4, 0.5) is 19.2 Å². The van der Waals surface area contributed by atoms with Crippen LogP contribution < -0.4 is 30.2 Å². The largest absolute Gasteiger partial charge is 0.508 e. The average Bonchev–Trinajstić information content (AvgIpc) is 3.84. The fourth-order valence-corrected chi connectivity index (χ4v) is 6.31. The first-order valence-electron chi connectivity index (χ1n) is 24.9. The van der Waals surface area contributed by atoms with Crippen LogP contribution in [0.2, 0.25) is 0 Å². The number of hydrogen-bond acceptors (Lipinski definition) is 16. The third-order valence-corrected chi connectivity index (χ3v) is 9.52. The summed E-state index contributed by atoms with van der Waals surface area (Å²) in [6, 6.07) is 30.0. The zero-order valence-electron chi connectivity index (χ0n) is 46.3. The van der Waals surface area contributed by atoms with Crippen molar-refractivity contribution in [2.24, 2.45) is 0 Å². The lowest BCUT2D eigenvalue weighted by molar-refractivity contribution is 0.0517. The van der Waals surface area contributed by atoms with Gasteiger partial charge in [0.05, 0.1) is 19.8 Å². The number of rotatable bonds is 18. The summed E-state index contributed by atoms with van der Waals surface area (Å²) in [5, 5.41) is 42.7. The summed E-state index contributed by atoms with van der Waals surface area (Å²) in [6.07, 6.45) is 5.10. The summed E-state index contributed by atoms with van der Waals surface area (Å²) in [4.78, 5) is 43.6. The number of phenolic OH excluding ortho intramolecular Hbond substituents is 1. The van der Waals surface area contributed by atoms with Gasteiger partial charge in [0.25, 0.3) is 0 Å². The molecule has 0 aliphatic carbocycles. The van der Waals surface area contributed by atoms with Gasteiger partial charge in [-0.2, -0.15) is 0 Å². The molecule has 0 unspecified atom stereocenters. The second kappa shape index (κ2) is 42.0. The number of cyclic esters (lactones) is 2. The van der Waals surface area contributed by atoms with Crippen LogP contribution in [0.1, 0.15) is 79.9 Å². The Morgan fingerprint density at radius 2 is 1.09 bits per heavy atom. The molecule has 4 aromatic rings. The third-order valence-electron chi connectivity index (χ3n) is 8.18. The quantitative estimate of drug-likeness (QED) is 0.0161. The third kappa shape index (κ3) is 44.0. The average molecular weight is 1320 g/mol. The first-order chi connectivity index (χ1) is 36.8. The van der Waals surface area contributed by atoms with Crippen molar-refractivity contribution in [2.75, 3.05) is 72.5 Å². The highest BCUT2D eigenvalue weighted by Gasteiger charge is 2.17. The van der Waals surface area contributed by atoms with E-state index >= 15 is 0 Å². The molecule has 0 saturated carbocycles. The molecule has 1 fully saturated rings. The van der Waals surface area contributed by atoms with Gasteiger partial charge in [-0.25, -0.2) is 19.2 Å². The van der Waals surface area contributed by atoms with Crippen molar-refractivity contribution in [2.45, 2.75) is 92.0 Å². The summed E-state index contributed by atoms with van der Waals surface area (Å²) in [5.74, 6) is 2.62. The maximum Gasteiger partial charge on any atom is 0.508 e. The number of aromatic hydroxyl groups is 1. The van der Waals surface area contributed by atoms with E-state index in [1.54, 1.807) is 18.2 Å². The Hall–Kier alpha value is -6.02. The van der Waals surface area contributed by atoms with E-state index in [9.17, 15) is 19.2 Å². The van der Waals surface area contributed by atoms with Crippen LogP contribution in [0.15, 0.2) is 116 Å². The molecule has 0 radical (unpaired) electrons. The number of aliphatic hydroxyl groups excluding tert-OH is 3. The minimum absolute atomic E-state index is 0.00542. The first-order valence-corrected chi connectivity index (χ1v) is 27.0. The van der Waals surface area contributed by atoms with E-state index in [4.69, 9.17) is 48.8 Å². The summed E-state index contributed by atoms with van der Waals surface area (Å²) in [5.41, 5.74) is 0.625. The van der Waals surface area contributed by atoms with E-state index < -0.39 is 41.2 Å². The van der Waals surface area contributed by atoms with Crippen LogP contribution in [-0.2, 0) is 30.1 Å². The van der Waals surface area contributed by atoms with Gasteiger partial charge in [0.1, 0.15) is 72.8 Å². The molecule has 21 heteroatoms. The number of halogens is 2. The number of para-hydroxylation sites is 1. The summed E-state index contributed by atoms with van der Waals surface area (Å²) >= 11 is 4.36. The van der Waals surface area contributed by atoms with Crippen LogP contribution in [0.5, 0.6) is 23.0 Å². The zero-order valence-corrected chi connectivity index (χ0v) is 50.6. The Bertz CT molecular complexity index is 2310. The van der Waals surface area contributed by atoms with Gasteiger partial charge in [-0.05, 0) is 186 Å². The van der Waals surface area contributed by atoms with Gasteiger partial charge in [0.15, 0.2) is 0 Å². The minimum Gasteiger partial charge on any atom is -0.508 e. The molecule has 3 amide bonds. The Morgan fingerprint density at radius 3 is 1.55 bits per heavy atom. The molecule has 4 aromatic carbocycles. The molecular formula is C57H81I2N3O16. The molecule has 1 aliphatic rings. The number of benzene rings is 4. The SMILES string of the molecule is C=CCNC(=O)OC(C)(C)C.CC(C)(C)OC(=O)NC/C=C/c1cccc(OCCO)c1.CC(C)(C)OC(=O)NCCCc1ccccc1OCCO.O=C1OCCO1.OCCOc1cccc(I)c1.Oc1cccc(I)c1. The molecular weight excluding hydrogens is 1240 g/mol. The molecule has 0 atom stereocenters. The summed E-state index contributed by atoms with van der Waals surface area (Å²) < 4.78 is 42.0. The standard InChI is InChI=1S/C16H23NO4.C16H25NO4.C8H9IO2.C8H15NO2.C6H5IO.C3H4O3/c1-16(2,3)21-15(19)17-9-5-7-13-6-4-8-14(12-13)20-11-10-18;1-16(2,3)21-15(19)17-10-6-8-13-7-4-5-9-14(13)20-12-11-18;9-7-2-1-3-8(6-7)11-5-4-10;1-5-6-9-7(10)11-8(2,3)4;7-5-2-1-3-6(8)4-5;4-3-5-1-2-6-3/h4-8,12,18H,9-11H2,1-3H3,(H,17,19);4-5,7,9,18H,6,8,10-12H2,1-3H3,(H,17,19);1-3,6,10H,4-5H2;5H,1,6H2,2-4H3,(H,9,10);1-4,8H;1-2H2/b7-5+;;;;;. The number of aryl methyl sites for hydroxylation is 1. The van der Waals surface area contributed by atoms with Gasteiger partial charge >= 0.3 is 24.4 Å². The Kier molecular flexibility index (Phi) is 38.8. The maximum absolute atomic E-state index is 11.5. The van der Waals surface area contributed by atoms with Gasteiger partial charge in [0.2, 0.25) is 0 Å². The topological polar surface area (TPSA) is 259 Å². The normalized spacial score (nSPS) is 11.3. The number of nitrogens with one attached hydrogen (secondary N) is 3. The molecule has 0 spiro atoms. The molecule has 78 heavy (non-hydrogen) atoms. The van der Waals surface area contributed by atoms with Crippen molar-refractivity contribution >= 4 is 75.7 Å². The Balaban J connectivity index is 0.000000961. The smallest absolute Gasteiger partial charge is 0.508 e. The van der Waals surface area contributed by atoms with Crippen molar-refractivity contribution in [3.63, 3.8) is 0 Å². The Morgan fingerprint density at radius 1 is 0.615 bits per heavy atom. The van der Waals surface area contributed by atoms with Crippen LogP contribution in [0, 0.1) is 7.14 Å². The molecule has 7 N–H and O–H groups in total. The maximum atomic E-state index is 11.5. The van der Waals surface area contributed by atoms with Crippen LogP contribution in [0.3, 0.4) is 0 Å². The highest BCUT2D eigenvalue weighted by atomic mass is 127. The number of alkyl carbamates (subject to hydrolysis) is 3. The fourth-order valence-electron chi connectivity index (χ4n) is 5.27. The monoisotopic (exact) mass is 1320 g/mol. The fraction of sp³-hybridized carbons (Fsp3) is 0.439. The minimum atomic E-state index is -0.546. The summed E-state index contributed by atoms with van der Waals surface area (Å²) in [6.45, 7) is 23.0. The van der Waals surface area contributed by atoms with Gasteiger partial charge in [-0.15, -0.1) is 6.58 Å². The number of aliphatic hydroxyl groups is 3. The molecule has 19 nitrogen and oxygen atoms in total. The summed E-state index contributed by atoms with van der Waals surface area (Å²) in [7, 11) is 0. The lowest BCUT2D eigenvalue weighted by atomic mass is 10.1. The lowest BCUT2D eigenvalue weighted by Crippen LogP contribution is -2.33. The van der Waals surface area contributed by atoms with Gasteiger partial charge in [0, 0.05) is 26.8 Å². The molecule has 0 bridgehead atoms. The number of amides is 3. The van der Waals surface area contributed by atoms with E-state index in [0.29, 0.717) is 51.0 Å². The number of hydrogen-bond donors (Lipinski definition) is 7. The van der Waals surface area contributed by atoms with E-state index in [-0.39, 0.29) is 33.0 Å². The van der Waals surface area contributed by atoms with Crippen molar-refractivity contribution in [3.8, 4) is 23.0 Å². The van der Waals surface area contributed by atoms with Crippen LogP contribution >= 0.6 is 45.2 Å². The zero-order chi connectivity index (χ0) is 58.8. The number of carbonyl (C=O) groups is 4. The molecule has 0 aromatic heterocycles. The van der Waals surface area contributed by atoms with Crippen molar-refractivity contribution < 1.29 is 77.5 Å². The molecule has 1 saturated heterocycles. The predicted molar refractivity (Wildman–Crippen MR) is 318 cm³/mol. The Labute approximate surface area is 487 Å². The highest BCUT2D eigenvalue weighted by molar-refractivity contribution is 14.1. The van der Waals surface area contributed by atoms with E-state index in [0.717, 1.165) is 42.6 Å². The van der Waals surface area contributed by atoms with E-state index in [1.165, 1.54) is 0 Å². The van der Waals surface area contributed by atoms with Crippen molar-refractivity contribution in [3.05, 3.63) is 134 Å². The van der Waals surface area contributed by atoms with Crippen LogP contribution in [-0.4, -0.2) is 134 Å². The number of ether oxygens (including phenoxy) is 8. The second-order valence-corrected chi connectivity index (χ2v) is 21.3. The predicted octanol–water partition coefficient (Wildman–Crippen LogP) is 10.6. The number of carbonyl (C=O) groups excluding carboxylic acids is 4. The lowest BCUT2D eigenvalue weighted by Gasteiger charge is -2.19. The molecule has 1 aliphatic heterocycles. The second-order valence-electron chi connectivity index (χ2n) is 18.8. The van der Waals surface area contributed by atoms with Gasteiger partial charge in [-0.3, -0.25) is 0 Å². The van der Waals surface area contributed by atoms with E-state index in [1.807, 2.05) is 159 Å². The highest BCUT2D eigenvalue weighted by Crippen LogP contribution is 2.20. The van der Waals surface area contributed by atoms with Gasteiger partial charge in [-0.1, -0.05) is 60.7 Å². The van der Waals surface area contributed by atoms with E-state index in [2.05, 4.69) is 77.2 Å². The molecule has 5 rings (SSSR count). The van der Waals surface area contributed by atoms with Gasteiger partial charge < -0.3 is 74.3 Å². The van der Waals surface area contributed by atoms with Crippen molar-refractivity contribution in [1.29, 1.82) is 0 Å². The first kappa shape index (κ1) is 72.0. The van der Waals surface area contributed by atoms with Crippen molar-refractivity contribution in [1.82, 2.24) is 16.0 Å². The van der Waals surface area contributed by atoms with Crippen LogP contribution in [0.25, 0.3) is 6.08 Å². The molecule has 1 heterocycles. The number of phenols is 1.